The summed E-state index contributed by atoms with van der Waals surface area (Å²) in [5, 5.41) is 4.02. The Labute approximate surface area is 107 Å². The van der Waals surface area contributed by atoms with Crippen LogP contribution in [-0.2, 0) is 9.84 Å². The standard InChI is InChI=1S/C12H19N2O3S/c15-18(16)9-6-14(7-10-18)4-1-11(2-5-14)12-3-8-17-13-12/h3,8,11H,1-2,4-7,9-10H2/q+1. The van der Waals surface area contributed by atoms with Gasteiger partial charge in [0, 0.05) is 24.8 Å². The minimum absolute atomic E-state index is 0.363. The molecule has 5 nitrogen and oxygen atoms in total. The predicted molar refractivity (Wildman–Crippen MR) is 66.9 cm³/mol. The summed E-state index contributed by atoms with van der Waals surface area (Å²) in [5.41, 5.74) is 1.05. The zero-order valence-corrected chi connectivity index (χ0v) is 11.2. The monoisotopic (exact) mass is 271 g/mol. The van der Waals surface area contributed by atoms with Gasteiger partial charge in [0.05, 0.1) is 43.4 Å². The molecule has 0 bridgehead atoms. The average Bonchev–Trinajstić information content (AvgIpc) is 2.88. The lowest BCUT2D eigenvalue weighted by Gasteiger charge is -2.45. The van der Waals surface area contributed by atoms with E-state index in [1.54, 1.807) is 6.26 Å². The summed E-state index contributed by atoms with van der Waals surface area (Å²) in [6.07, 6.45) is 3.81. The van der Waals surface area contributed by atoms with Crippen LogP contribution in [0.5, 0.6) is 0 Å². The van der Waals surface area contributed by atoms with Gasteiger partial charge in [-0.15, -0.1) is 0 Å². The van der Waals surface area contributed by atoms with Crippen molar-refractivity contribution in [3.05, 3.63) is 18.0 Å². The van der Waals surface area contributed by atoms with Crippen LogP contribution in [-0.4, -0.2) is 55.7 Å². The van der Waals surface area contributed by atoms with Crippen LogP contribution < -0.4 is 0 Å². The summed E-state index contributed by atoms with van der Waals surface area (Å²) in [6.45, 7) is 3.75. The second-order valence-corrected chi connectivity index (χ2v) is 7.89. The maximum Gasteiger partial charge on any atom is 0.161 e. The third kappa shape index (κ3) is 2.31. The third-order valence-electron chi connectivity index (χ3n) is 4.53. The van der Waals surface area contributed by atoms with Crippen LogP contribution in [0.3, 0.4) is 0 Å². The van der Waals surface area contributed by atoms with E-state index in [9.17, 15) is 8.42 Å². The second kappa shape index (κ2) is 4.35. The molecule has 0 radical (unpaired) electrons. The van der Waals surface area contributed by atoms with Crippen molar-refractivity contribution >= 4 is 9.84 Å². The van der Waals surface area contributed by atoms with Gasteiger partial charge in [-0.05, 0) is 0 Å². The van der Waals surface area contributed by atoms with Gasteiger partial charge in [-0.25, -0.2) is 8.42 Å². The van der Waals surface area contributed by atoms with Crippen molar-refractivity contribution in [1.82, 2.24) is 5.16 Å². The molecule has 1 aromatic heterocycles. The molecule has 2 aliphatic heterocycles. The number of rotatable bonds is 1. The molecule has 1 aromatic rings. The third-order valence-corrected chi connectivity index (χ3v) is 6.14. The smallest absolute Gasteiger partial charge is 0.161 e. The van der Waals surface area contributed by atoms with Crippen LogP contribution in [0.15, 0.2) is 16.9 Å². The number of sulfone groups is 1. The van der Waals surface area contributed by atoms with E-state index in [0.717, 1.165) is 49.2 Å². The fraction of sp³-hybridized carbons (Fsp3) is 0.750. The summed E-state index contributed by atoms with van der Waals surface area (Å²) in [4.78, 5) is 0. The highest BCUT2D eigenvalue weighted by molar-refractivity contribution is 7.91. The maximum absolute atomic E-state index is 11.5. The van der Waals surface area contributed by atoms with Gasteiger partial charge in [0.1, 0.15) is 6.26 Å². The van der Waals surface area contributed by atoms with Crippen LogP contribution in [0.25, 0.3) is 0 Å². The normalized spacial score (nSPS) is 27.3. The molecule has 0 aromatic carbocycles. The number of quaternary nitrogens is 1. The number of hydrogen-bond acceptors (Lipinski definition) is 4. The molecular formula is C12H19N2O3S+. The first kappa shape index (κ1) is 12.2. The topological polar surface area (TPSA) is 60.2 Å². The zero-order chi connectivity index (χ0) is 12.6. The van der Waals surface area contributed by atoms with Gasteiger partial charge in [0.2, 0.25) is 0 Å². The Morgan fingerprint density at radius 1 is 1.17 bits per heavy atom. The molecule has 2 aliphatic rings. The highest BCUT2D eigenvalue weighted by Crippen LogP contribution is 2.31. The summed E-state index contributed by atoms with van der Waals surface area (Å²) in [5.74, 6) is 1.22. The first-order chi connectivity index (χ1) is 8.59. The Bertz CT molecular complexity index is 485. The SMILES string of the molecule is O=S1(=O)CC[N+]2(CCC(c3ccon3)CC2)CC1. The van der Waals surface area contributed by atoms with Gasteiger partial charge in [0.25, 0.3) is 0 Å². The second-order valence-electron chi connectivity index (χ2n) is 5.59. The summed E-state index contributed by atoms with van der Waals surface area (Å²) in [6, 6.07) is 1.95. The largest absolute Gasteiger partial charge is 0.365 e. The van der Waals surface area contributed by atoms with Gasteiger partial charge < -0.3 is 9.01 Å². The van der Waals surface area contributed by atoms with Crippen molar-refractivity contribution in [2.75, 3.05) is 37.7 Å². The molecule has 0 aliphatic carbocycles. The molecule has 18 heavy (non-hydrogen) atoms. The maximum atomic E-state index is 11.5. The number of hydrogen-bond donors (Lipinski definition) is 0. The number of nitrogens with zero attached hydrogens (tertiary/aromatic N) is 2. The lowest BCUT2D eigenvalue weighted by atomic mass is 9.92. The Hall–Kier alpha value is -0.880. The van der Waals surface area contributed by atoms with Crippen LogP contribution >= 0.6 is 0 Å². The molecule has 2 saturated heterocycles. The Morgan fingerprint density at radius 3 is 2.39 bits per heavy atom. The lowest BCUT2D eigenvalue weighted by Crippen LogP contribution is -2.59. The van der Waals surface area contributed by atoms with E-state index in [0.29, 0.717) is 17.4 Å². The van der Waals surface area contributed by atoms with E-state index in [1.165, 1.54) is 0 Å². The minimum atomic E-state index is -2.76. The van der Waals surface area contributed by atoms with E-state index in [2.05, 4.69) is 5.16 Å². The molecule has 0 unspecified atom stereocenters. The van der Waals surface area contributed by atoms with Gasteiger partial charge in [0.15, 0.2) is 9.84 Å². The molecule has 2 fully saturated rings. The van der Waals surface area contributed by atoms with Crippen molar-refractivity contribution in [3.8, 4) is 0 Å². The van der Waals surface area contributed by atoms with E-state index >= 15 is 0 Å². The van der Waals surface area contributed by atoms with Crippen molar-refractivity contribution in [3.63, 3.8) is 0 Å². The number of piperidine rings is 1. The Morgan fingerprint density at radius 2 is 1.83 bits per heavy atom. The zero-order valence-electron chi connectivity index (χ0n) is 10.4. The Kier molecular flexibility index (Phi) is 2.94. The predicted octanol–water partition coefficient (Wildman–Crippen LogP) is 0.797. The van der Waals surface area contributed by atoms with E-state index in [4.69, 9.17) is 4.52 Å². The average molecular weight is 271 g/mol. The first-order valence-electron chi connectivity index (χ1n) is 6.54. The molecule has 6 heteroatoms. The number of aromatic nitrogens is 1. The van der Waals surface area contributed by atoms with Crippen LogP contribution in [0, 0.1) is 0 Å². The van der Waals surface area contributed by atoms with Crippen LogP contribution in [0.4, 0.5) is 0 Å². The van der Waals surface area contributed by atoms with Crippen LogP contribution in [0.1, 0.15) is 24.5 Å². The van der Waals surface area contributed by atoms with Crippen molar-refractivity contribution in [2.45, 2.75) is 18.8 Å². The van der Waals surface area contributed by atoms with E-state index in [-0.39, 0.29) is 0 Å². The molecule has 0 saturated carbocycles. The lowest BCUT2D eigenvalue weighted by molar-refractivity contribution is -0.929. The summed E-state index contributed by atoms with van der Waals surface area (Å²) in [7, 11) is -2.76. The highest BCUT2D eigenvalue weighted by Gasteiger charge is 2.39. The van der Waals surface area contributed by atoms with E-state index < -0.39 is 9.84 Å². The van der Waals surface area contributed by atoms with Gasteiger partial charge >= 0.3 is 0 Å². The minimum Gasteiger partial charge on any atom is -0.365 e. The fourth-order valence-electron chi connectivity index (χ4n) is 3.17. The van der Waals surface area contributed by atoms with Gasteiger partial charge in [-0.3, -0.25) is 0 Å². The highest BCUT2D eigenvalue weighted by atomic mass is 32.2. The van der Waals surface area contributed by atoms with Crippen molar-refractivity contribution in [2.24, 2.45) is 0 Å². The van der Waals surface area contributed by atoms with E-state index in [1.807, 2.05) is 6.07 Å². The first-order valence-corrected chi connectivity index (χ1v) is 8.37. The van der Waals surface area contributed by atoms with Crippen molar-refractivity contribution < 1.29 is 17.4 Å². The molecule has 0 atom stereocenters. The van der Waals surface area contributed by atoms with Crippen LogP contribution in [0.2, 0.25) is 0 Å². The molecular weight excluding hydrogens is 252 g/mol. The summed E-state index contributed by atoms with van der Waals surface area (Å²) >= 11 is 0. The molecule has 0 N–H and O–H groups in total. The Balaban J connectivity index is 1.63. The molecule has 3 heterocycles. The molecule has 1 spiro atoms. The molecule has 100 valence electrons. The quantitative estimate of drug-likeness (QED) is 0.709. The van der Waals surface area contributed by atoms with Gasteiger partial charge in [-0.1, -0.05) is 5.16 Å². The van der Waals surface area contributed by atoms with Crippen molar-refractivity contribution in [1.29, 1.82) is 0 Å². The molecule has 0 amide bonds. The summed E-state index contributed by atoms with van der Waals surface area (Å²) < 4.78 is 28.9. The molecule has 3 rings (SSSR count). The fourth-order valence-corrected chi connectivity index (χ4v) is 4.71. The van der Waals surface area contributed by atoms with Gasteiger partial charge in [-0.2, -0.15) is 0 Å².